The van der Waals surface area contributed by atoms with Crippen molar-refractivity contribution >= 4 is 23.3 Å². The van der Waals surface area contributed by atoms with Gasteiger partial charge >= 0.3 is 0 Å². The fourth-order valence-corrected chi connectivity index (χ4v) is 6.08. The van der Waals surface area contributed by atoms with Crippen LogP contribution in [-0.2, 0) is 25.5 Å². The van der Waals surface area contributed by atoms with Crippen LogP contribution in [0.15, 0.2) is 18.2 Å². The topological polar surface area (TPSA) is 189 Å². The molecule has 2 aromatic rings. The Bertz CT molecular complexity index is 1500. The first-order chi connectivity index (χ1) is 19.8. The average Bonchev–Trinajstić information content (AvgIpc) is 2.95. The van der Waals surface area contributed by atoms with E-state index in [0.29, 0.717) is 0 Å². The summed E-state index contributed by atoms with van der Waals surface area (Å²) in [4.78, 5) is 52.0. The van der Waals surface area contributed by atoms with Crippen LogP contribution in [0.3, 0.4) is 0 Å². The summed E-state index contributed by atoms with van der Waals surface area (Å²) in [5.74, 6) is -3.62. The maximum Gasteiger partial charge on any atom is 0.220 e. The molecule has 6 unspecified atom stereocenters. The van der Waals surface area contributed by atoms with E-state index < -0.39 is 82.6 Å². The third-order valence-electron chi connectivity index (χ3n) is 8.42. The lowest BCUT2D eigenvalue weighted by molar-refractivity contribution is -0.249. The van der Waals surface area contributed by atoms with E-state index >= 15 is 0 Å². The Morgan fingerprint density at radius 3 is 2.45 bits per heavy atom. The molecule has 1 amide bonds. The van der Waals surface area contributed by atoms with Gasteiger partial charge in [-0.25, -0.2) is 0 Å². The SMILES string of the molecule is CCC(=O)NC1CC(OC2CC(O)(C(C)=O)Cc3c(O)c4c(c(O)c32)C(=O)c2c(OC)cccc2C4=O)OC(C)C1O. The van der Waals surface area contributed by atoms with Crippen molar-refractivity contribution < 1.29 is 53.8 Å². The van der Waals surface area contributed by atoms with Gasteiger partial charge in [-0.05, 0) is 19.9 Å². The molecule has 6 atom stereocenters. The van der Waals surface area contributed by atoms with E-state index in [-0.39, 0.29) is 53.2 Å². The second kappa shape index (κ2) is 10.8. The molecule has 0 bridgehead atoms. The molecule has 5 rings (SSSR count). The summed E-state index contributed by atoms with van der Waals surface area (Å²) in [5, 5.41) is 47.6. The highest BCUT2D eigenvalue weighted by atomic mass is 16.7. The molecule has 42 heavy (non-hydrogen) atoms. The highest BCUT2D eigenvalue weighted by molar-refractivity contribution is 6.31. The van der Waals surface area contributed by atoms with Crippen LogP contribution in [0.2, 0.25) is 0 Å². The van der Waals surface area contributed by atoms with Crippen LogP contribution in [0.1, 0.15) is 89.1 Å². The van der Waals surface area contributed by atoms with Crippen LogP contribution in [-0.4, -0.2) is 80.9 Å². The Morgan fingerprint density at radius 2 is 1.81 bits per heavy atom. The van der Waals surface area contributed by atoms with Crippen LogP contribution in [0.25, 0.3) is 0 Å². The van der Waals surface area contributed by atoms with Gasteiger partial charge in [0.1, 0.15) is 29.0 Å². The lowest BCUT2D eigenvalue weighted by Crippen LogP contribution is -2.55. The molecule has 224 valence electrons. The number of hydrogen-bond acceptors (Lipinski definition) is 11. The molecule has 0 saturated carbocycles. The molecule has 2 aromatic carbocycles. The summed E-state index contributed by atoms with van der Waals surface area (Å²) in [6.07, 6.45) is -4.86. The van der Waals surface area contributed by atoms with Gasteiger partial charge in [-0.3, -0.25) is 19.2 Å². The zero-order chi connectivity index (χ0) is 30.7. The fourth-order valence-electron chi connectivity index (χ4n) is 6.08. The molecule has 1 heterocycles. The standard InChI is InChI=1S/C30H33NO11/c1-5-19(33)31-16-9-20(41-12(2)25(16)34)42-18-11-30(39,13(3)32)10-15-22(18)29(38)24-23(27(15)36)26(35)14-7-6-8-17(40-4)21(14)28(24)37/h6-8,12,16,18,20,25,34,36,38-39H,5,9-11H2,1-4H3,(H,31,33). The van der Waals surface area contributed by atoms with E-state index in [1.54, 1.807) is 13.8 Å². The number of carbonyl (C=O) groups excluding carboxylic acids is 4. The van der Waals surface area contributed by atoms with Crippen LogP contribution in [0.4, 0.5) is 0 Å². The Hall–Kier alpha value is -3.84. The normalized spacial score (nSPS) is 28.4. The number of phenols is 2. The van der Waals surface area contributed by atoms with Gasteiger partial charge in [-0.1, -0.05) is 19.1 Å². The number of Topliss-reactive ketones (excluding diaryl/α,β-unsaturated/α-hetero) is 1. The monoisotopic (exact) mass is 583 g/mol. The van der Waals surface area contributed by atoms with Crippen LogP contribution < -0.4 is 10.1 Å². The van der Waals surface area contributed by atoms with E-state index in [4.69, 9.17) is 14.2 Å². The first kappa shape index (κ1) is 29.6. The van der Waals surface area contributed by atoms with Gasteiger partial charge in [-0.2, -0.15) is 0 Å². The summed E-state index contributed by atoms with van der Waals surface area (Å²) in [7, 11) is 1.33. The molecule has 0 spiro atoms. The van der Waals surface area contributed by atoms with E-state index in [1.165, 1.54) is 32.2 Å². The highest BCUT2D eigenvalue weighted by Gasteiger charge is 2.49. The predicted molar refractivity (Wildman–Crippen MR) is 145 cm³/mol. The van der Waals surface area contributed by atoms with Crippen molar-refractivity contribution in [3.05, 3.63) is 51.6 Å². The number of phenolic OH excluding ortho intramolecular Hbond substituents is 2. The average molecular weight is 584 g/mol. The summed E-state index contributed by atoms with van der Waals surface area (Å²) in [5.41, 5.74) is -3.24. The van der Waals surface area contributed by atoms with E-state index in [1.807, 2.05) is 0 Å². The van der Waals surface area contributed by atoms with Crippen molar-refractivity contribution in [2.45, 2.75) is 82.7 Å². The highest BCUT2D eigenvalue weighted by Crippen LogP contribution is 2.52. The maximum absolute atomic E-state index is 13.7. The number of nitrogens with one attached hydrogen (secondary N) is 1. The molecule has 1 fully saturated rings. The lowest BCUT2D eigenvalue weighted by Gasteiger charge is -2.42. The first-order valence-corrected chi connectivity index (χ1v) is 13.7. The third kappa shape index (κ3) is 4.64. The summed E-state index contributed by atoms with van der Waals surface area (Å²) >= 11 is 0. The van der Waals surface area contributed by atoms with Gasteiger partial charge in [0, 0.05) is 42.4 Å². The molecular formula is C30H33NO11. The number of methoxy groups -OCH3 is 1. The van der Waals surface area contributed by atoms with Gasteiger partial charge in [0.25, 0.3) is 0 Å². The van der Waals surface area contributed by atoms with Crippen molar-refractivity contribution in [1.29, 1.82) is 0 Å². The number of ether oxygens (including phenoxy) is 3. The number of fused-ring (bicyclic) bond motifs is 3. The molecule has 12 heteroatoms. The van der Waals surface area contributed by atoms with Crippen molar-refractivity contribution in [2.24, 2.45) is 0 Å². The van der Waals surface area contributed by atoms with Gasteiger partial charge < -0.3 is 40.0 Å². The number of aliphatic hydroxyl groups excluding tert-OH is 1. The number of benzene rings is 2. The summed E-state index contributed by atoms with van der Waals surface area (Å²) < 4.78 is 17.3. The van der Waals surface area contributed by atoms with Crippen molar-refractivity contribution in [2.75, 3.05) is 7.11 Å². The van der Waals surface area contributed by atoms with Gasteiger partial charge in [0.05, 0.1) is 42.0 Å². The van der Waals surface area contributed by atoms with E-state index in [9.17, 15) is 39.6 Å². The zero-order valence-electron chi connectivity index (χ0n) is 23.6. The molecule has 0 radical (unpaired) electrons. The van der Waals surface area contributed by atoms with Crippen molar-refractivity contribution in [3.8, 4) is 17.2 Å². The van der Waals surface area contributed by atoms with Gasteiger partial charge in [0.2, 0.25) is 11.7 Å². The minimum absolute atomic E-state index is 0.0126. The minimum Gasteiger partial charge on any atom is -0.507 e. The number of carbonyl (C=O) groups is 4. The zero-order valence-corrected chi connectivity index (χ0v) is 23.6. The Labute approximate surface area is 241 Å². The van der Waals surface area contributed by atoms with Gasteiger partial charge in [0.15, 0.2) is 17.9 Å². The lowest BCUT2D eigenvalue weighted by atomic mass is 9.72. The number of hydrogen-bond donors (Lipinski definition) is 5. The molecule has 3 aliphatic rings. The van der Waals surface area contributed by atoms with Crippen LogP contribution in [0, 0.1) is 0 Å². The van der Waals surface area contributed by atoms with Crippen molar-refractivity contribution in [3.63, 3.8) is 0 Å². The number of amides is 1. The smallest absolute Gasteiger partial charge is 0.220 e. The number of aromatic hydroxyl groups is 2. The minimum atomic E-state index is -2.05. The summed E-state index contributed by atoms with van der Waals surface area (Å²) in [6, 6.07) is 3.67. The largest absolute Gasteiger partial charge is 0.507 e. The molecule has 1 aliphatic heterocycles. The first-order valence-electron chi connectivity index (χ1n) is 13.7. The number of aliphatic hydroxyl groups is 2. The maximum atomic E-state index is 13.7. The second-order valence-electron chi connectivity index (χ2n) is 11.0. The second-order valence-corrected chi connectivity index (χ2v) is 11.0. The Balaban J connectivity index is 1.62. The third-order valence-corrected chi connectivity index (χ3v) is 8.42. The van der Waals surface area contributed by atoms with E-state index in [0.717, 1.165) is 0 Å². The predicted octanol–water partition coefficient (Wildman–Crippen LogP) is 1.60. The van der Waals surface area contributed by atoms with Crippen molar-refractivity contribution in [1.82, 2.24) is 5.32 Å². The Morgan fingerprint density at radius 1 is 1.12 bits per heavy atom. The van der Waals surface area contributed by atoms with E-state index in [2.05, 4.69) is 5.32 Å². The fraction of sp³-hybridized carbons (Fsp3) is 0.467. The van der Waals surface area contributed by atoms with Gasteiger partial charge in [-0.15, -0.1) is 0 Å². The Kier molecular flexibility index (Phi) is 7.60. The molecular weight excluding hydrogens is 550 g/mol. The molecule has 2 aliphatic carbocycles. The van der Waals surface area contributed by atoms with Crippen LogP contribution in [0.5, 0.6) is 17.2 Å². The van der Waals surface area contributed by atoms with Crippen LogP contribution >= 0.6 is 0 Å². The quantitative estimate of drug-likeness (QED) is 0.265. The molecule has 5 N–H and O–H groups in total. The number of ketones is 3. The molecule has 1 saturated heterocycles. The number of rotatable bonds is 6. The summed E-state index contributed by atoms with van der Waals surface area (Å²) in [6.45, 7) is 4.41. The molecule has 12 nitrogen and oxygen atoms in total. The molecule has 0 aromatic heterocycles.